The number of rotatable bonds is 10. The van der Waals surface area contributed by atoms with Crippen molar-refractivity contribution in [3.05, 3.63) is 46.9 Å². The predicted molar refractivity (Wildman–Crippen MR) is 116 cm³/mol. The standard InChI is InChI=1S/C22H32FN5O2/c1-14(2)28(15(3)4)12-11-24-13-19(29)25-22-20(16(5)26-27(22)6)21(30)17-9-7-8-10-18(17)23/h7-10,14-15,24H,11-13H2,1-6H3,(H,25,29). The van der Waals surface area contributed by atoms with E-state index in [2.05, 4.69) is 48.3 Å². The van der Waals surface area contributed by atoms with Crippen molar-refractivity contribution >= 4 is 17.5 Å². The molecule has 0 unspecified atom stereocenters. The first-order valence-electron chi connectivity index (χ1n) is 10.2. The molecule has 1 amide bonds. The molecule has 0 atom stereocenters. The summed E-state index contributed by atoms with van der Waals surface area (Å²) in [6.45, 7) is 11.8. The van der Waals surface area contributed by atoms with E-state index in [0.717, 1.165) is 6.54 Å². The van der Waals surface area contributed by atoms with E-state index in [1.165, 1.54) is 22.9 Å². The number of halogens is 1. The van der Waals surface area contributed by atoms with Gasteiger partial charge in [-0.3, -0.25) is 19.2 Å². The molecule has 1 aromatic carbocycles. The van der Waals surface area contributed by atoms with Crippen LogP contribution >= 0.6 is 0 Å². The van der Waals surface area contributed by atoms with Crippen LogP contribution in [0.25, 0.3) is 0 Å². The molecule has 1 aromatic heterocycles. The van der Waals surface area contributed by atoms with Gasteiger partial charge in [-0.15, -0.1) is 0 Å². The Morgan fingerprint density at radius 1 is 1.17 bits per heavy atom. The van der Waals surface area contributed by atoms with Crippen LogP contribution < -0.4 is 10.6 Å². The zero-order chi connectivity index (χ0) is 22.4. The molecule has 1 heterocycles. The normalized spacial score (nSPS) is 11.5. The number of nitrogens with zero attached hydrogens (tertiary/aromatic N) is 3. The maximum Gasteiger partial charge on any atom is 0.239 e. The molecule has 2 rings (SSSR count). The fourth-order valence-corrected chi connectivity index (χ4v) is 3.55. The fourth-order valence-electron chi connectivity index (χ4n) is 3.55. The first-order valence-corrected chi connectivity index (χ1v) is 10.2. The fraction of sp³-hybridized carbons (Fsp3) is 0.500. The van der Waals surface area contributed by atoms with E-state index in [0.29, 0.717) is 24.3 Å². The number of ketones is 1. The summed E-state index contributed by atoms with van der Waals surface area (Å²) in [6.07, 6.45) is 0. The van der Waals surface area contributed by atoms with Crippen molar-refractivity contribution in [1.29, 1.82) is 0 Å². The first-order chi connectivity index (χ1) is 14.1. The Labute approximate surface area is 177 Å². The van der Waals surface area contributed by atoms with Crippen LogP contribution in [0.4, 0.5) is 10.2 Å². The summed E-state index contributed by atoms with van der Waals surface area (Å²) in [6, 6.07) is 6.62. The van der Waals surface area contributed by atoms with E-state index in [1.54, 1.807) is 20.0 Å². The molecule has 0 saturated carbocycles. The van der Waals surface area contributed by atoms with E-state index in [1.807, 2.05) is 0 Å². The van der Waals surface area contributed by atoms with Gasteiger partial charge in [0.2, 0.25) is 11.7 Å². The summed E-state index contributed by atoms with van der Waals surface area (Å²) in [5, 5.41) is 10.1. The summed E-state index contributed by atoms with van der Waals surface area (Å²) >= 11 is 0. The molecule has 2 N–H and O–H groups in total. The van der Waals surface area contributed by atoms with Crippen LogP contribution in [0.3, 0.4) is 0 Å². The number of nitrogens with one attached hydrogen (secondary N) is 2. The number of benzene rings is 1. The zero-order valence-electron chi connectivity index (χ0n) is 18.6. The van der Waals surface area contributed by atoms with Gasteiger partial charge in [-0.05, 0) is 46.8 Å². The lowest BCUT2D eigenvalue weighted by Crippen LogP contribution is -2.42. The molecule has 8 heteroatoms. The van der Waals surface area contributed by atoms with E-state index in [9.17, 15) is 14.0 Å². The van der Waals surface area contributed by atoms with E-state index in [4.69, 9.17) is 0 Å². The van der Waals surface area contributed by atoms with E-state index >= 15 is 0 Å². The second-order valence-corrected chi connectivity index (χ2v) is 7.89. The van der Waals surface area contributed by atoms with Gasteiger partial charge in [-0.2, -0.15) is 5.10 Å². The third-order valence-corrected chi connectivity index (χ3v) is 4.98. The molecule has 0 bridgehead atoms. The third-order valence-electron chi connectivity index (χ3n) is 4.98. The Morgan fingerprint density at radius 2 is 1.80 bits per heavy atom. The summed E-state index contributed by atoms with van der Waals surface area (Å²) in [7, 11) is 1.64. The van der Waals surface area contributed by atoms with Crippen LogP contribution in [-0.4, -0.2) is 58.1 Å². The molecular formula is C22H32FN5O2. The van der Waals surface area contributed by atoms with E-state index in [-0.39, 0.29) is 29.4 Å². The molecule has 0 aliphatic rings. The van der Waals surface area contributed by atoms with Crippen molar-refractivity contribution in [2.75, 3.05) is 25.0 Å². The first kappa shape index (κ1) is 23.7. The quantitative estimate of drug-likeness (QED) is 0.459. The molecule has 30 heavy (non-hydrogen) atoms. The number of aryl methyl sites for hydroxylation is 2. The number of anilines is 1. The van der Waals surface area contributed by atoms with Crippen LogP contribution in [-0.2, 0) is 11.8 Å². The van der Waals surface area contributed by atoms with Crippen molar-refractivity contribution < 1.29 is 14.0 Å². The number of amides is 1. The highest BCUT2D eigenvalue weighted by Crippen LogP contribution is 2.23. The lowest BCUT2D eigenvalue weighted by atomic mass is 10.0. The van der Waals surface area contributed by atoms with Crippen molar-refractivity contribution in [3.63, 3.8) is 0 Å². The van der Waals surface area contributed by atoms with Crippen molar-refractivity contribution in [3.8, 4) is 0 Å². The second kappa shape index (κ2) is 10.4. The van der Waals surface area contributed by atoms with Gasteiger partial charge < -0.3 is 10.6 Å². The molecule has 0 radical (unpaired) electrons. The van der Waals surface area contributed by atoms with Gasteiger partial charge in [0, 0.05) is 32.2 Å². The molecule has 0 fully saturated rings. The minimum absolute atomic E-state index is 0.0512. The number of hydrogen-bond acceptors (Lipinski definition) is 5. The van der Waals surface area contributed by atoms with Crippen LogP contribution in [0, 0.1) is 12.7 Å². The Bertz CT molecular complexity index is 884. The Hall–Kier alpha value is -2.58. The van der Waals surface area contributed by atoms with Gasteiger partial charge in [0.15, 0.2) is 0 Å². The number of hydrogen-bond donors (Lipinski definition) is 2. The largest absolute Gasteiger partial charge is 0.309 e. The van der Waals surface area contributed by atoms with Crippen molar-refractivity contribution in [1.82, 2.24) is 20.0 Å². The number of carbonyl (C=O) groups is 2. The maximum atomic E-state index is 14.1. The second-order valence-electron chi connectivity index (χ2n) is 7.89. The molecule has 0 saturated heterocycles. The van der Waals surface area contributed by atoms with Crippen LogP contribution in [0.2, 0.25) is 0 Å². The van der Waals surface area contributed by atoms with Gasteiger partial charge >= 0.3 is 0 Å². The maximum absolute atomic E-state index is 14.1. The van der Waals surface area contributed by atoms with Gasteiger partial charge in [0.25, 0.3) is 0 Å². The minimum atomic E-state index is -0.607. The van der Waals surface area contributed by atoms with Crippen LogP contribution in [0.15, 0.2) is 24.3 Å². The molecule has 0 spiro atoms. The third kappa shape index (κ3) is 5.73. The Morgan fingerprint density at radius 3 is 2.40 bits per heavy atom. The van der Waals surface area contributed by atoms with Gasteiger partial charge in [0.1, 0.15) is 11.6 Å². The summed E-state index contributed by atoms with van der Waals surface area (Å²) in [5.41, 5.74) is 0.574. The summed E-state index contributed by atoms with van der Waals surface area (Å²) in [5.74, 6) is -1.14. The van der Waals surface area contributed by atoms with Gasteiger partial charge in [-0.25, -0.2) is 4.39 Å². The van der Waals surface area contributed by atoms with Crippen molar-refractivity contribution in [2.24, 2.45) is 7.05 Å². The topological polar surface area (TPSA) is 79.3 Å². The van der Waals surface area contributed by atoms with Crippen molar-refractivity contribution in [2.45, 2.75) is 46.7 Å². The Balaban J connectivity index is 2.04. The Kier molecular flexibility index (Phi) is 8.25. The molecular weight excluding hydrogens is 385 g/mol. The molecule has 7 nitrogen and oxygen atoms in total. The minimum Gasteiger partial charge on any atom is -0.309 e. The highest BCUT2D eigenvalue weighted by atomic mass is 19.1. The molecule has 164 valence electrons. The van der Waals surface area contributed by atoms with Gasteiger partial charge in [-0.1, -0.05) is 12.1 Å². The number of aromatic nitrogens is 2. The van der Waals surface area contributed by atoms with Crippen LogP contribution in [0.5, 0.6) is 0 Å². The number of carbonyl (C=O) groups excluding carboxylic acids is 2. The average Bonchev–Trinajstić information content (AvgIpc) is 2.93. The summed E-state index contributed by atoms with van der Waals surface area (Å²) < 4.78 is 15.5. The summed E-state index contributed by atoms with van der Waals surface area (Å²) in [4.78, 5) is 27.7. The smallest absolute Gasteiger partial charge is 0.239 e. The highest BCUT2D eigenvalue weighted by molar-refractivity contribution is 6.14. The lowest BCUT2D eigenvalue weighted by molar-refractivity contribution is -0.115. The SMILES string of the molecule is Cc1nn(C)c(NC(=O)CNCCN(C(C)C)C(C)C)c1C(=O)c1ccccc1F. The molecule has 0 aliphatic heterocycles. The molecule has 0 aliphatic carbocycles. The molecule has 2 aromatic rings. The average molecular weight is 418 g/mol. The van der Waals surface area contributed by atoms with Crippen LogP contribution in [0.1, 0.15) is 49.3 Å². The zero-order valence-corrected chi connectivity index (χ0v) is 18.6. The van der Waals surface area contributed by atoms with E-state index < -0.39 is 11.6 Å². The van der Waals surface area contributed by atoms with Gasteiger partial charge in [0.05, 0.1) is 23.4 Å². The predicted octanol–water partition coefficient (Wildman–Crippen LogP) is 2.75. The monoisotopic (exact) mass is 417 g/mol. The highest BCUT2D eigenvalue weighted by Gasteiger charge is 2.24. The lowest BCUT2D eigenvalue weighted by Gasteiger charge is -2.30.